The SMILES string of the molecule is CC(CCCC(C)COC(=O)C1=CO[C@@H](O[C@@H]2O[C@H](CO)[C@@H](O)[C@H](O)[C@H]2O)[C@H]2[C@@H]1CC[C@]2(C)O)CCOC(=O)C1=CO[C@@H](O[C@@H]2O[C@H](CO)[C@@H](O)[C@H](O)[C@H]2O)[C@@H]2[C@H](C)[C@@H](O)C[C@H]12. The van der Waals surface area contributed by atoms with Crippen LogP contribution in [0, 0.1) is 41.4 Å². The fourth-order valence-electron chi connectivity index (χ4n) is 9.76. The highest BCUT2D eigenvalue weighted by molar-refractivity contribution is 5.89. The van der Waals surface area contributed by atoms with Crippen molar-refractivity contribution < 1.29 is 98.5 Å². The summed E-state index contributed by atoms with van der Waals surface area (Å²) in [5.41, 5.74) is -0.841. The quantitative estimate of drug-likeness (QED) is 0.0738. The molecule has 21 atom stereocenters. The highest BCUT2D eigenvalue weighted by Gasteiger charge is 2.57. The molecule has 20 heteroatoms. The van der Waals surface area contributed by atoms with E-state index in [-0.39, 0.29) is 48.5 Å². The number of aliphatic hydroxyl groups excluding tert-OH is 9. The molecule has 2 saturated heterocycles. The van der Waals surface area contributed by atoms with Gasteiger partial charge in [-0.1, -0.05) is 33.6 Å². The Morgan fingerprint density at radius 2 is 1.26 bits per heavy atom. The van der Waals surface area contributed by atoms with Gasteiger partial charge in [-0.25, -0.2) is 9.59 Å². The van der Waals surface area contributed by atoms with E-state index in [4.69, 9.17) is 37.9 Å². The first kappa shape index (κ1) is 48.9. The number of fused-ring (bicyclic) bond motifs is 2. The molecule has 0 bridgehead atoms. The molecule has 2 saturated carbocycles. The third-order valence-electron chi connectivity index (χ3n) is 13.8. The number of hydrogen-bond donors (Lipinski definition) is 10. The van der Waals surface area contributed by atoms with E-state index in [1.807, 2.05) is 13.8 Å². The van der Waals surface area contributed by atoms with E-state index >= 15 is 0 Å². The van der Waals surface area contributed by atoms with Gasteiger partial charge in [-0.15, -0.1) is 0 Å². The number of rotatable bonds is 17. The Morgan fingerprint density at radius 3 is 1.85 bits per heavy atom. The van der Waals surface area contributed by atoms with E-state index in [0.29, 0.717) is 19.3 Å². The van der Waals surface area contributed by atoms with E-state index in [1.165, 1.54) is 12.5 Å². The average Bonchev–Trinajstić information content (AvgIpc) is 3.73. The molecule has 0 aromatic carbocycles. The van der Waals surface area contributed by atoms with Crippen molar-refractivity contribution in [1.82, 2.24) is 0 Å². The van der Waals surface area contributed by atoms with Crippen LogP contribution in [0.3, 0.4) is 0 Å². The minimum Gasteiger partial charge on any atom is -0.472 e. The summed E-state index contributed by atoms with van der Waals surface area (Å²) in [6, 6.07) is 0. The summed E-state index contributed by atoms with van der Waals surface area (Å²) in [5, 5.41) is 103. The Hall–Kier alpha value is -2.54. The van der Waals surface area contributed by atoms with Crippen LogP contribution in [0.4, 0.5) is 0 Å². The van der Waals surface area contributed by atoms with Crippen molar-refractivity contribution in [2.75, 3.05) is 26.4 Å². The number of ether oxygens (including phenoxy) is 8. The van der Waals surface area contributed by atoms with E-state index in [2.05, 4.69) is 0 Å². The van der Waals surface area contributed by atoms with Crippen LogP contribution in [0.15, 0.2) is 23.7 Å². The zero-order valence-electron chi connectivity index (χ0n) is 35.5. The average molecular weight is 891 g/mol. The first-order valence-electron chi connectivity index (χ1n) is 21.8. The molecule has 10 N–H and O–H groups in total. The largest absolute Gasteiger partial charge is 0.472 e. The number of carbonyl (C=O) groups excluding carboxylic acids is 2. The molecule has 4 fully saturated rings. The summed E-state index contributed by atoms with van der Waals surface area (Å²) >= 11 is 0. The summed E-state index contributed by atoms with van der Waals surface area (Å²) in [6.07, 6.45) is -11.7. The summed E-state index contributed by atoms with van der Waals surface area (Å²) in [4.78, 5) is 26.6. The third kappa shape index (κ3) is 10.4. The van der Waals surface area contributed by atoms with E-state index in [9.17, 15) is 60.7 Å². The van der Waals surface area contributed by atoms with Crippen molar-refractivity contribution in [3.63, 3.8) is 0 Å². The Bertz CT molecular complexity index is 1570. The molecule has 4 aliphatic heterocycles. The number of hydrogen-bond acceptors (Lipinski definition) is 20. The van der Waals surface area contributed by atoms with E-state index in [0.717, 1.165) is 19.3 Å². The number of esters is 2. The lowest BCUT2D eigenvalue weighted by Gasteiger charge is -2.44. The topological polar surface area (TPSA) is 310 Å². The first-order chi connectivity index (χ1) is 29.4. The molecular formula is C42H66O20. The van der Waals surface area contributed by atoms with Gasteiger partial charge in [0.25, 0.3) is 0 Å². The van der Waals surface area contributed by atoms with Crippen LogP contribution in [0.25, 0.3) is 0 Å². The normalized spacial score (nSPS) is 43.8. The molecule has 6 aliphatic rings. The van der Waals surface area contributed by atoms with Gasteiger partial charge in [0.2, 0.25) is 12.6 Å². The van der Waals surface area contributed by atoms with Crippen molar-refractivity contribution in [2.24, 2.45) is 41.4 Å². The monoisotopic (exact) mass is 890 g/mol. The van der Waals surface area contributed by atoms with Gasteiger partial charge in [-0.3, -0.25) is 0 Å². The third-order valence-corrected chi connectivity index (χ3v) is 13.8. The molecule has 0 aromatic heterocycles. The number of carbonyl (C=O) groups is 2. The highest BCUT2D eigenvalue weighted by Crippen LogP contribution is 2.50. The lowest BCUT2D eigenvalue weighted by Crippen LogP contribution is -2.60. The lowest BCUT2D eigenvalue weighted by molar-refractivity contribution is -0.346. The van der Waals surface area contributed by atoms with E-state index < -0.39 is 135 Å². The van der Waals surface area contributed by atoms with Crippen molar-refractivity contribution >= 4 is 11.9 Å². The summed E-state index contributed by atoms with van der Waals surface area (Å²) < 4.78 is 45.6. The Balaban J connectivity index is 0.921. The molecule has 62 heavy (non-hydrogen) atoms. The molecule has 2 aliphatic carbocycles. The molecule has 0 radical (unpaired) electrons. The fourth-order valence-corrected chi connectivity index (χ4v) is 9.76. The van der Waals surface area contributed by atoms with Gasteiger partial charge < -0.3 is 89.0 Å². The van der Waals surface area contributed by atoms with Gasteiger partial charge in [-0.05, 0) is 56.8 Å². The van der Waals surface area contributed by atoms with Crippen molar-refractivity contribution in [3.8, 4) is 0 Å². The fraction of sp³-hybridized carbons (Fsp3) is 0.857. The van der Waals surface area contributed by atoms with Gasteiger partial charge in [0.15, 0.2) is 12.6 Å². The molecule has 4 heterocycles. The van der Waals surface area contributed by atoms with Gasteiger partial charge >= 0.3 is 11.9 Å². The van der Waals surface area contributed by atoms with Crippen molar-refractivity contribution in [2.45, 2.75) is 158 Å². The zero-order chi connectivity index (χ0) is 45.2. The minimum absolute atomic E-state index is 0.0164. The smallest absolute Gasteiger partial charge is 0.337 e. The molecule has 20 nitrogen and oxygen atoms in total. The Morgan fingerprint density at radius 1 is 0.726 bits per heavy atom. The van der Waals surface area contributed by atoms with Gasteiger partial charge in [0.1, 0.15) is 48.8 Å². The summed E-state index contributed by atoms with van der Waals surface area (Å²) in [5.74, 6) is -3.62. The predicted octanol–water partition coefficient (Wildman–Crippen LogP) is -1.57. The molecule has 2 unspecified atom stereocenters. The molecule has 0 amide bonds. The van der Waals surface area contributed by atoms with Crippen molar-refractivity contribution in [3.05, 3.63) is 23.7 Å². The van der Waals surface area contributed by atoms with E-state index in [1.54, 1.807) is 13.8 Å². The zero-order valence-corrected chi connectivity index (χ0v) is 35.5. The predicted molar refractivity (Wildman–Crippen MR) is 208 cm³/mol. The second-order valence-electron chi connectivity index (χ2n) is 18.4. The maximum atomic E-state index is 13.3. The molecule has 0 spiro atoms. The lowest BCUT2D eigenvalue weighted by atomic mass is 9.81. The second kappa shape index (κ2) is 20.7. The molecule has 354 valence electrons. The maximum Gasteiger partial charge on any atom is 0.337 e. The standard InChI is InChI=1S/C42H66O20/c1-18(9-11-55-36(52)24-17-57-38(28-20(3)25(45)12-22(24)28)61-40-34(50)32(48)30(46)26(13-43)59-40)6-5-7-19(2)15-56-37(53)23-16-58-39(29-21(23)8-10-42(29,4)54)62-41-35(51)33(49)31(47)27(14-44)60-41/h16-22,25-35,38-41,43-51,54H,5-15H2,1-4H3/t18?,19?,20-,21-,22-,25+,26-,27-,28-,29-,30-,31-,32+,33+,34-,35-,38+,39+,40+,41+,42+/m1/s1. The minimum atomic E-state index is -1.67. The molecular weight excluding hydrogens is 824 g/mol. The summed E-state index contributed by atoms with van der Waals surface area (Å²) in [7, 11) is 0. The number of aliphatic hydroxyl groups is 10. The van der Waals surface area contributed by atoms with Crippen LogP contribution in [0.2, 0.25) is 0 Å². The van der Waals surface area contributed by atoms with Crippen LogP contribution >= 0.6 is 0 Å². The van der Waals surface area contributed by atoms with Crippen molar-refractivity contribution in [1.29, 1.82) is 0 Å². The highest BCUT2D eigenvalue weighted by atomic mass is 16.8. The first-order valence-corrected chi connectivity index (χ1v) is 21.8. The van der Waals surface area contributed by atoms with Crippen LogP contribution in [-0.2, 0) is 47.5 Å². The molecule has 6 rings (SSSR count). The van der Waals surface area contributed by atoms with Crippen LogP contribution < -0.4 is 0 Å². The van der Waals surface area contributed by atoms with Gasteiger partial charge in [-0.2, -0.15) is 0 Å². The Labute approximate surface area is 359 Å². The maximum absolute atomic E-state index is 13.3. The van der Waals surface area contributed by atoms with Crippen LogP contribution in [0.1, 0.15) is 72.6 Å². The van der Waals surface area contributed by atoms with Crippen LogP contribution in [-0.4, -0.2) is 175 Å². The van der Waals surface area contributed by atoms with Crippen LogP contribution in [0.5, 0.6) is 0 Å². The molecule has 0 aromatic rings. The Kier molecular flexibility index (Phi) is 16.4. The summed E-state index contributed by atoms with van der Waals surface area (Å²) in [6.45, 7) is 6.41. The van der Waals surface area contributed by atoms with Gasteiger partial charge in [0.05, 0.1) is 67.7 Å². The second-order valence-corrected chi connectivity index (χ2v) is 18.4. The van der Waals surface area contributed by atoms with Gasteiger partial charge in [0, 0.05) is 17.8 Å².